The minimum atomic E-state index is 0. The van der Waals surface area contributed by atoms with Crippen LogP contribution in [0.2, 0.25) is 0 Å². The molecule has 2 rings (SSSR count). The Morgan fingerprint density at radius 3 is 2.56 bits per heavy atom. The maximum absolute atomic E-state index is 12.3. The van der Waals surface area contributed by atoms with E-state index in [1.54, 1.807) is 0 Å². The third kappa shape index (κ3) is 4.13. The Morgan fingerprint density at radius 1 is 1.28 bits per heavy atom. The average molecular weight is 275 g/mol. The first kappa shape index (κ1) is 15.8. The fourth-order valence-electron chi connectivity index (χ4n) is 3.22. The largest absolute Gasteiger partial charge is 0.342 e. The van der Waals surface area contributed by atoms with Crippen molar-refractivity contribution in [2.75, 3.05) is 26.2 Å². The van der Waals surface area contributed by atoms with Gasteiger partial charge in [0.2, 0.25) is 5.91 Å². The highest BCUT2D eigenvalue weighted by Crippen LogP contribution is 2.26. The summed E-state index contributed by atoms with van der Waals surface area (Å²) in [5.41, 5.74) is 0. The van der Waals surface area contributed by atoms with Gasteiger partial charge in [-0.25, -0.2) is 0 Å². The van der Waals surface area contributed by atoms with Crippen LogP contribution in [0.15, 0.2) is 0 Å². The predicted molar refractivity (Wildman–Crippen MR) is 77.0 cm³/mol. The molecular formula is C14H27ClN2O. The van der Waals surface area contributed by atoms with Gasteiger partial charge in [0.15, 0.2) is 0 Å². The first-order valence-electron chi connectivity index (χ1n) is 7.16. The van der Waals surface area contributed by atoms with E-state index in [0.717, 1.165) is 50.9 Å². The Labute approximate surface area is 117 Å². The monoisotopic (exact) mass is 274 g/mol. The van der Waals surface area contributed by atoms with Gasteiger partial charge in [-0.2, -0.15) is 0 Å². The van der Waals surface area contributed by atoms with Gasteiger partial charge in [-0.1, -0.05) is 13.8 Å². The van der Waals surface area contributed by atoms with Crippen LogP contribution in [0.5, 0.6) is 0 Å². The van der Waals surface area contributed by atoms with Crippen molar-refractivity contribution >= 4 is 18.3 Å². The number of rotatable bonds is 3. The number of nitrogens with one attached hydrogen (secondary N) is 1. The fraction of sp³-hybridized carbons (Fsp3) is 0.929. The molecule has 2 fully saturated rings. The zero-order valence-corrected chi connectivity index (χ0v) is 12.5. The molecule has 1 unspecified atom stereocenters. The van der Waals surface area contributed by atoms with Crippen LogP contribution in [0, 0.1) is 17.8 Å². The Morgan fingerprint density at radius 2 is 1.94 bits per heavy atom. The smallest absolute Gasteiger partial charge is 0.225 e. The van der Waals surface area contributed by atoms with Crippen LogP contribution in [0.1, 0.15) is 39.5 Å². The van der Waals surface area contributed by atoms with Crippen LogP contribution in [0.3, 0.4) is 0 Å². The molecule has 18 heavy (non-hydrogen) atoms. The fourth-order valence-corrected chi connectivity index (χ4v) is 3.22. The number of likely N-dealkylation sites (tertiary alicyclic amines) is 1. The van der Waals surface area contributed by atoms with Gasteiger partial charge in [-0.15, -0.1) is 12.4 Å². The Hall–Kier alpha value is -0.280. The van der Waals surface area contributed by atoms with Crippen LogP contribution in [-0.4, -0.2) is 37.0 Å². The lowest BCUT2D eigenvalue weighted by Crippen LogP contribution is -2.40. The van der Waals surface area contributed by atoms with E-state index < -0.39 is 0 Å². The third-order valence-electron chi connectivity index (χ3n) is 4.09. The summed E-state index contributed by atoms with van der Waals surface area (Å²) >= 11 is 0. The second-order valence-electron chi connectivity index (χ2n) is 6.09. The molecular weight excluding hydrogens is 248 g/mol. The van der Waals surface area contributed by atoms with Crippen LogP contribution in [-0.2, 0) is 4.79 Å². The van der Waals surface area contributed by atoms with Crippen molar-refractivity contribution in [3.05, 3.63) is 0 Å². The van der Waals surface area contributed by atoms with Gasteiger partial charge in [0.25, 0.3) is 0 Å². The average Bonchev–Trinajstić information content (AvgIpc) is 2.77. The molecule has 0 saturated carbocycles. The van der Waals surface area contributed by atoms with Crippen molar-refractivity contribution in [2.45, 2.75) is 39.5 Å². The van der Waals surface area contributed by atoms with Gasteiger partial charge in [0, 0.05) is 19.0 Å². The first-order chi connectivity index (χ1) is 8.16. The maximum Gasteiger partial charge on any atom is 0.225 e. The molecule has 4 heteroatoms. The Kier molecular flexibility index (Phi) is 6.44. The van der Waals surface area contributed by atoms with E-state index in [1.807, 2.05) is 0 Å². The van der Waals surface area contributed by atoms with Crippen molar-refractivity contribution in [1.29, 1.82) is 0 Å². The molecule has 1 N–H and O–H groups in total. The molecule has 106 valence electrons. The zero-order valence-electron chi connectivity index (χ0n) is 11.7. The van der Waals surface area contributed by atoms with Crippen LogP contribution >= 0.6 is 12.4 Å². The summed E-state index contributed by atoms with van der Waals surface area (Å²) in [4.78, 5) is 14.5. The van der Waals surface area contributed by atoms with Crippen molar-refractivity contribution in [2.24, 2.45) is 17.8 Å². The molecule has 2 heterocycles. The molecule has 0 aromatic heterocycles. The van der Waals surface area contributed by atoms with E-state index in [9.17, 15) is 4.79 Å². The van der Waals surface area contributed by atoms with E-state index >= 15 is 0 Å². The number of halogens is 1. The van der Waals surface area contributed by atoms with E-state index in [4.69, 9.17) is 0 Å². The molecule has 0 aromatic carbocycles. The number of amides is 1. The second kappa shape index (κ2) is 7.34. The summed E-state index contributed by atoms with van der Waals surface area (Å²) in [7, 11) is 0. The summed E-state index contributed by atoms with van der Waals surface area (Å²) in [5, 5.41) is 3.32. The lowest BCUT2D eigenvalue weighted by Gasteiger charge is -2.27. The Bertz CT molecular complexity index is 265. The molecule has 0 spiro atoms. The van der Waals surface area contributed by atoms with Gasteiger partial charge in [0.05, 0.1) is 0 Å². The van der Waals surface area contributed by atoms with Crippen molar-refractivity contribution in [3.63, 3.8) is 0 Å². The third-order valence-corrected chi connectivity index (χ3v) is 4.09. The number of nitrogens with zero attached hydrogens (tertiary/aromatic N) is 1. The highest BCUT2D eigenvalue weighted by Gasteiger charge is 2.31. The minimum Gasteiger partial charge on any atom is -0.342 e. The van der Waals surface area contributed by atoms with E-state index in [2.05, 4.69) is 24.1 Å². The van der Waals surface area contributed by atoms with Gasteiger partial charge in [-0.3, -0.25) is 4.79 Å². The highest BCUT2D eigenvalue weighted by molar-refractivity contribution is 5.85. The van der Waals surface area contributed by atoms with Gasteiger partial charge < -0.3 is 10.2 Å². The lowest BCUT2D eigenvalue weighted by atomic mass is 9.96. The SMILES string of the molecule is CC(C)CC1CCN(C(=O)C2CCNCC2)C1.Cl. The summed E-state index contributed by atoms with van der Waals surface area (Å²) in [6.07, 6.45) is 4.55. The summed E-state index contributed by atoms with van der Waals surface area (Å²) in [6.45, 7) is 8.59. The first-order valence-corrected chi connectivity index (χ1v) is 7.16. The normalized spacial score (nSPS) is 25.3. The maximum atomic E-state index is 12.3. The van der Waals surface area contributed by atoms with Gasteiger partial charge >= 0.3 is 0 Å². The number of carbonyl (C=O) groups excluding carboxylic acids is 1. The van der Waals surface area contributed by atoms with Crippen molar-refractivity contribution in [1.82, 2.24) is 10.2 Å². The molecule has 0 aliphatic carbocycles. The lowest BCUT2D eigenvalue weighted by molar-refractivity contribution is -0.135. The molecule has 2 saturated heterocycles. The molecule has 1 amide bonds. The number of piperidine rings is 1. The molecule has 2 aliphatic rings. The minimum absolute atomic E-state index is 0. The molecule has 1 atom stereocenters. The molecule has 0 aromatic rings. The summed E-state index contributed by atoms with van der Waals surface area (Å²) < 4.78 is 0. The number of hydrogen-bond acceptors (Lipinski definition) is 2. The molecule has 0 bridgehead atoms. The van der Waals surface area contributed by atoms with E-state index in [0.29, 0.717) is 11.8 Å². The van der Waals surface area contributed by atoms with Crippen LogP contribution in [0.25, 0.3) is 0 Å². The van der Waals surface area contributed by atoms with E-state index in [1.165, 1.54) is 12.8 Å². The number of hydrogen-bond donors (Lipinski definition) is 1. The molecule has 0 radical (unpaired) electrons. The number of carbonyl (C=O) groups is 1. The van der Waals surface area contributed by atoms with Gasteiger partial charge in [0.1, 0.15) is 0 Å². The summed E-state index contributed by atoms with van der Waals surface area (Å²) in [6, 6.07) is 0. The van der Waals surface area contributed by atoms with Crippen LogP contribution < -0.4 is 5.32 Å². The quantitative estimate of drug-likeness (QED) is 0.857. The standard InChI is InChI=1S/C14H26N2O.ClH/c1-11(2)9-12-5-8-16(10-12)14(17)13-3-6-15-7-4-13;/h11-13,15H,3-10H2,1-2H3;1H. The van der Waals surface area contributed by atoms with Crippen molar-refractivity contribution < 1.29 is 4.79 Å². The van der Waals surface area contributed by atoms with Crippen LogP contribution in [0.4, 0.5) is 0 Å². The zero-order chi connectivity index (χ0) is 12.3. The van der Waals surface area contributed by atoms with E-state index in [-0.39, 0.29) is 12.4 Å². The molecule has 3 nitrogen and oxygen atoms in total. The highest BCUT2D eigenvalue weighted by atomic mass is 35.5. The van der Waals surface area contributed by atoms with Gasteiger partial charge in [-0.05, 0) is 50.6 Å². The Balaban J connectivity index is 0.00000162. The molecule has 2 aliphatic heterocycles. The topological polar surface area (TPSA) is 32.3 Å². The summed E-state index contributed by atoms with van der Waals surface area (Å²) in [5.74, 6) is 2.24. The predicted octanol–water partition coefficient (Wildman–Crippen LogP) is 2.30. The second-order valence-corrected chi connectivity index (χ2v) is 6.09. The van der Waals surface area contributed by atoms with Crippen molar-refractivity contribution in [3.8, 4) is 0 Å².